The SMILES string of the molecule is O=C(O)CC1CCC(COc2ccccc2Cn2c(-c3ccc(OC(F)(F)F)cc3)nc3ccccc32)C1. The van der Waals surface area contributed by atoms with Crippen molar-refractivity contribution in [2.24, 2.45) is 11.8 Å². The van der Waals surface area contributed by atoms with Crippen LogP contribution in [-0.4, -0.2) is 33.6 Å². The number of aliphatic carboxylic acids is 1. The topological polar surface area (TPSA) is 73.6 Å². The first-order chi connectivity index (χ1) is 18.2. The minimum Gasteiger partial charge on any atom is -0.493 e. The van der Waals surface area contributed by atoms with Crippen LogP contribution in [0, 0.1) is 11.8 Å². The molecule has 198 valence electrons. The molecule has 5 rings (SSSR count). The lowest BCUT2D eigenvalue weighted by molar-refractivity contribution is -0.274. The Morgan fingerprint density at radius 1 is 0.974 bits per heavy atom. The highest BCUT2D eigenvalue weighted by Crippen LogP contribution is 2.35. The van der Waals surface area contributed by atoms with Crippen LogP contribution in [0.5, 0.6) is 11.5 Å². The number of fused-ring (bicyclic) bond motifs is 1. The van der Waals surface area contributed by atoms with Crippen molar-refractivity contribution < 1.29 is 32.5 Å². The first kappa shape index (κ1) is 25.6. The van der Waals surface area contributed by atoms with E-state index >= 15 is 0 Å². The van der Waals surface area contributed by atoms with E-state index in [4.69, 9.17) is 14.8 Å². The molecule has 1 N–H and O–H groups in total. The molecular weight excluding hydrogens is 497 g/mol. The third-order valence-electron chi connectivity index (χ3n) is 6.89. The molecule has 3 aromatic carbocycles. The van der Waals surface area contributed by atoms with Crippen LogP contribution in [0.25, 0.3) is 22.4 Å². The fraction of sp³-hybridized carbons (Fsp3) is 0.310. The van der Waals surface area contributed by atoms with Crippen LogP contribution >= 0.6 is 0 Å². The molecule has 0 saturated heterocycles. The monoisotopic (exact) mass is 524 g/mol. The molecule has 1 aliphatic carbocycles. The third kappa shape index (κ3) is 6.10. The van der Waals surface area contributed by atoms with Crippen LogP contribution in [0.2, 0.25) is 0 Å². The second kappa shape index (κ2) is 10.8. The zero-order valence-electron chi connectivity index (χ0n) is 20.5. The van der Waals surface area contributed by atoms with Crippen LogP contribution in [0.4, 0.5) is 13.2 Å². The maximum absolute atomic E-state index is 12.6. The highest BCUT2D eigenvalue weighted by Gasteiger charge is 2.31. The fourth-order valence-corrected chi connectivity index (χ4v) is 5.18. The number of para-hydroxylation sites is 3. The van der Waals surface area contributed by atoms with E-state index in [0.717, 1.165) is 41.6 Å². The zero-order chi connectivity index (χ0) is 26.7. The van der Waals surface area contributed by atoms with E-state index < -0.39 is 12.3 Å². The van der Waals surface area contributed by atoms with Crippen molar-refractivity contribution in [2.45, 2.75) is 38.6 Å². The van der Waals surface area contributed by atoms with Gasteiger partial charge in [-0.3, -0.25) is 4.79 Å². The number of carboxylic acids is 1. The van der Waals surface area contributed by atoms with Gasteiger partial charge < -0.3 is 19.1 Å². The summed E-state index contributed by atoms with van der Waals surface area (Å²) in [6.45, 7) is 0.963. The Labute approximate surface area is 217 Å². The van der Waals surface area contributed by atoms with Crippen molar-refractivity contribution in [1.29, 1.82) is 0 Å². The summed E-state index contributed by atoms with van der Waals surface area (Å²) in [6, 6.07) is 21.1. The molecule has 2 unspecified atom stereocenters. The molecule has 4 aromatic rings. The maximum atomic E-state index is 12.6. The highest BCUT2D eigenvalue weighted by molar-refractivity contribution is 5.81. The molecule has 2 atom stereocenters. The third-order valence-corrected chi connectivity index (χ3v) is 6.89. The lowest BCUT2D eigenvalue weighted by atomic mass is 10.0. The molecule has 1 aromatic heterocycles. The standard InChI is InChI=1S/C29H27F3N2O4/c30-29(31,32)38-23-13-11-21(12-14-23)28-33-24-6-2-3-7-25(24)34(28)17-22-5-1-4-8-26(22)37-18-20-10-9-19(15-20)16-27(35)36/h1-8,11-14,19-20H,9-10,15-18H2,(H,35,36). The van der Waals surface area contributed by atoms with Gasteiger partial charge in [0.1, 0.15) is 17.3 Å². The molecule has 1 heterocycles. The molecule has 38 heavy (non-hydrogen) atoms. The number of hydrogen-bond acceptors (Lipinski definition) is 4. The molecule has 1 saturated carbocycles. The maximum Gasteiger partial charge on any atom is 0.573 e. The van der Waals surface area contributed by atoms with Crippen LogP contribution in [0.3, 0.4) is 0 Å². The summed E-state index contributed by atoms with van der Waals surface area (Å²) in [7, 11) is 0. The average molecular weight is 525 g/mol. The molecule has 1 aliphatic rings. The van der Waals surface area contributed by atoms with Gasteiger partial charge in [-0.2, -0.15) is 0 Å². The summed E-state index contributed by atoms with van der Waals surface area (Å²) in [6.07, 6.45) is -1.86. The van der Waals surface area contributed by atoms with Gasteiger partial charge >= 0.3 is 12.3 Å². The predicted octanol–water partition coefficient (Wildman–Crippen LogP) is 6.92. The Morgan fingerprint density at radius 3 is 2.45 bits per heavy atom. The van der Waals surface area contributed by atoms with E-state index in [9.17, 15) is 18.0 Å². The lowest BCUT2D eigenvalue weighted by Crippen LogP contribution is -2.17. The second-order valence-corrected chi connectivity index (χ2v) is 9.64. The minimum absolute atomic E-state index is 0.198. The Kier molecular flexibility index (Phi) is 7.26. The molecular formula is C29H27F3N2O4. The Hall–Kier alpha value is -4.01. The van der Waals surface area contributed by atoms with Gasteiger partial charge in [0, 0.05) is 17.5 Å². The van der Waals surface area contributed by atoms with Gasteiger partial charge in [0.15, 0.2) is 0 Å². The van der Waals surface area contributed by atoms with Gasteiger partial charge in [-0.05, 0) is 73.6 Å². The predicted molar refractivity (Wildman–Crippen MR) is 136 cm³/mol. The lowest BCUT2D eigenvalue weighted by Gasteiger charge is -2.17. The number of carbonyl (C=O) groups is 1. The number of ether oxygens (including phenoxy) is 2. The molecule has 6 nitrogen and oxygen atoms in total. The summed E-state index contributed by atoms with van der Waals surface area (Å²) in [4.78, 5) is 15.8. The number of aromatic nitrogens is 2. The number of rotatable bonds is 9. The molecule has 0 radical (unpaired) electrons. The van der Waals surface area contributed by atoms with Gasteiger partial charge in [-0.1, -0.05) is 30.3 Å². The van der Waals surface area contributed by atoms with E-state index in [1.54, 1.807) is 12.1 Å². The van der Waals surface area contributed by atoms with Crippen molar-refractivity contribution in [3.63, 3.8) is 0 Å². The first-order valence-electron chi connectivity index (χ1n) is 12.5. The number of imidazole rings is 1. The Bertz CT molecular complexity index is 1420. The van der Waals surface area contributed by atoms with Crippen molar-refractivity contribution in [3.8, 4) is 22.9 Å². The van der Waals surface area contributed by atoms with Crippen molar-refractivity contribution in [1.82, 2.24) is 9.55 Å². The van der Waals surface area contributed by atoms with Crippen molar-refractivity contribution in [3.05, 3.63) is 78.4 Å². The number of carboxylic acid groups (broad SMARTS) is 1. The number of nitrogens with zero attached hydrogens (tertiary/aromatic N) is 2. The summed E-state index contributed by atoms with van der Waals surface area (Å²) < 4.78 is 50.1. The smallest absolute Gasteiger partial charge is 0.493 e. The van der Waals surface area contributed by atoms with E-state index in [1.165, 1.54) is 12.1 Å². The molecule has 0 spiro atoms. The summed E-state index contributed by atoms with van der Waals surface area (Å²) in [5.41, 5.74) is 3.26. The minimum atomic E-state index is -4.76. The second-order valence-electron chi connectivity index (χ2n) is 9.64. The van der Waals surface area contributed by atoms with Crippen LogP contribution in [0.15, 0.2) is 72.8 Å². The van der Waals surface area contributed by atoms with Crippen LogP contribution in [0.1, 0.15) is 31.2 Å². The van der Waals surface area contributed by atoms with Crippen molar-refractivity contribution >= 4 is 17.0 Å². The summed E-state index contributed by atoms with van der Waals surface area (Å²) in [5, 5.41) is 9.08. The molecule has 1 fully saturated rings. The first-order valence-corrected chi connectivity index (χ1v) is 12.5. The van der Waals surface area contributed by atoms with Crippen LogP contribution in [-0.2, 0) is 11.3 Å². The van der Waals surface area contributed by atoms with Gasteiger partial charge in [-0.15, -0.1) is 13.2 Å². The van der Waals surface area contributed by atoms with Gasteiger partial charge in [0.2, 0.25) is 0 Å². The normalized spacial score (nSPS) is 17.6. The quantitative estimate of drug-likeness (QED) is 0.257. The molecule has 0 aliphatic heterocycles. The highest BCUT2D eigenvalue weighted by atomic mass is 19.4. The summed E-state index contributed by atoms with van der Waals surface area (Å²) in [5.74, 6) is 0.824. The van der Waals surface area contributed by atoms with E-state index in [2.05, 4.69) is 4.74 Å². The average Bonchev–Trinajstić information content (AvgIpc) is 3.47. The van der Waals surface area contributed by atoms with Crippen LogP contribution < -0.4 is 9.47 Å². The fourth-order valence-electron chi connectivity index (χ4n) is 5.18. The number of alkyl halides is 3. The number of halogens is 3. The Balaban J connectivity index is 1.38. The number of hydrogen-bond donors (Lipinski definition) is 1. The van der Waals surface area contributed by atoms with Gasteiger partial charge in [0.05, 0.1) is 24.2 Å². The van der Waals surface area contributed by atoms with Gasteiger partial charge in [-0.25, -0.2) is 4.98 Å². The Morgan fingerprint density at radius 2 is 1.68 bits per heavy atom. The largest absolute Gasteiger partial charge is 0.573 e. The molecule has 9 heteroatoms. The molecule has 0 bridgehead atoms. The molecule has 0 amide bonds. The van der Waals surface area contributed by atoms with Crippen molar-refractivity contribution in [2.75, 3.05) is 6.61 Å². The summed E-state index contributed by atoms with van der Waals surface area (Å²) >= 11 is 0. The van der Waals surface area contributed by atoms with E-state index in [1.807, 2.05) is 53.1 Å². The zero-order valence-corrected chi connectivity index (χ0v) is 20.5. The van der Waals surface area contributed by atoms with Gasteiger partial charge in [0.25, 0.3) is 0 Å². The van der Waals surface area contributed by atoms with E-state index in [0.29, 0.717) is 30.5 Å². The van der Waals surface area contributed by atoms with E-state index in [-0.39, 0.29) is 18.1 Å². The number of benzene rings is 3.